The number of hydrogen-bond acceptors (Lipinski definition) is 6. The van der Waals surface area contributed by atoms with Crippen LogP contribution in [0.4, 0.5) is 0 Å². The summed E-state index contributed by atoms with van der Waals surface area (Å²) in [6.45, 7) is 8.30. The lowest BCUT2D eigenvalue weighted by Crippen LogP contribution is -2.46. The Hall–Kier alpha value is -2.19. The van der Waals surface area contributed by atoms with Crippen LogP contribution < -0.4 is 5.32 Å². The van der Waals surface area contributed by atoms with E-state index in [9.17, 15) is 9.59 Å². The van der Waals surface area contributed by atoms with Crippen molar-refractivity contribution in [3.8, 4) is 0 Å². The van der Waals surface area contributed by atoms with E-state index in [1.54, 1.807) is 25.4 Å². The number of nitrogens with one attached hydrogen (secondary N) is 1. The van der Waals surface area contributed by atoms with E-state index >= 15 is 0 Å². The summed E-state index contributed by atoms with van der Waals surface area (Å²) in [7, 11) is 3.41. The molecule has 152 valence electrons. The van der Waals surface area contributed by atoms with Gasteiger partial charge in [-0.05, 0) is 32.3 Å². The fraction of sp³-hybridized carbons (Fsp3) is 0.550. The van der Waals surface area contributed by atoms with Crippen molar-refractivity contribution in [3.05, 3.63) is 38.4 Å². The predicted molar refractivity (Wildman–Crippen MR) is 108 cm³/mol. The molecule has 7 nitrogen and oxygen atoms in total. The minimum absolute atomic E-state index is 0.0782. The number of carbonyl (C=O) groups is 2. The molecule has 8 heteroatoms. The zero-order chi connectivity index (χ0) is 20.4. The van der Waals surface area contributed by atoms with Crippen molar-refractivity contribution in [1.29, 1.82) is 0 Å². The van der Waals surface area contributed by atoms with E-state index in [4.69, 9.17) is 4.52 Å². The summed E-state index contributed by atoms with van der Waals surface area (Å²) in [6, 6.07) is -0.488. The van der Waals surface area contributed by atoms with Gasteiger partial charge in [-0.3, -0.25) is 14.5 Å². The quantitative estimate of drug-likeness (QED) is 0.800. The van der Waals surface area contributed by atoms with E-state index in [0.717, 1.165) is 48.6 Å². The molecular formula is C20H28N4O3S. The van der Waals surface area contributed by atoms with Crippen LogP contribution in [-0.4, -0.2) is 53.5 Å². The molecular weight excluding hydrogens is 376 g/mol. The van der Waals surface area contributed by atoms with Crippen LogP contribution in [0.25, 0.3) is 0 Å². The molecule has 0 fully saturated rings. The number of amides is 2. The van der Waals surface area contributed by atoms with Crippen molar-refractivity contribution < 1.29 is 14.1 Å². The Morgan fingerprint density at radius 1 is 1.39 bits per heavy atom. The number of rotatable bonds is 6. The Labute approximate surface area is 169 Å². The van der Waals surface area contributed by atoms with Gasteiger partial charge in [-0.15, -0.1) is 11.3 Å². The molecule has 1 aliphatic rings. The first kappa shape index (κ1) is 20.5. The van der Waals surface area contributed by atoms with Crippen LogP contribution in [0, 0.1) is 13.8 Å². The number of thiophene rings is 1. The fourth-order valence-electron chi connectivity index (χ4n) is 3.54. The molecule has 2 aromatic heterocycles. The lowest BCUT2D eigenvalue weighted by atomic mass is 10.0. The number of fused-ring (bicyclic) bond motifs is 1. The standard InChI is InChI=1S/C20H28N4O3S/c1-6-17(20(26)23(4)5)21-19(25)16-11-28-18-10-24(8-7-14(16)18)9-15-12(2)22-27-13(15)3/h11,17H,6-10H2,1-5H3,(H,21,25). The third-order valence-corrected chi connectivity index (χ3v) is 6.30. The van der Waals surface area contributed by atoms with Crippen molar-refractivity contribution in [2.75, 3.05) is 20.6 Å². The van der Waals surface area contributed by atoms with Crippen molar-refractivity contribution in [1.82, 2.24) is 20.3 Å². The van der Waals surface area contributed by atoms with Crippen LogP contribution in [0.3, 0.4) is 0 Å². The van der Waals surface area contributed by atoms with Crippen LogP contribution >= 0.6 is 11.3 Å². The Morgan fingerprint density at radius 2 is 2.14 bits per heavy atom. The van der Waals surface area contributed by atoms with E-state index in [-0.39, 0.29) is 11.8 Å². The molecule has 0 saturated heterocycles. The minimum atomic E-state index is -0.488. The first-order valence-electron chi connectivity index (χ1n) is 9.57. The number of carbonyl (C=O) groups excluding carboxylic acids is 2. The van der Waals surface area contributed by atoms with E-state index < -0.39 is 6.04 Å². The Kier molecular flexibility index (Phi) is 6.20. The molecule has 0 radical (unpaired) electrons. The summed E-state index contributed by atoms with van der Waals surface area (Å²) in [5, 5.41) is 8.86. The van der Waals surface area contributed by atoms with E-state index in [1.165, 1.54) is 9.78 Å². The van der Waals surface area contributed by atoms with Gasteiger partial charge in [0.2, 0.25) is 5.91 Å². The molecule has 3 heterocycles. The molecule has 2 amide bonds. The topological polar surface area (TPSA) is 78.7 Å². The largest absolute Gasteiger partial charge is 0.361 e. The second-order valence-corrected chi connectivity index (χ2v) is 8.45. The molecule has 0 bridgehead atoms. The molecule has 1 unspecified atom stereocenters. The van der Waals surface area contributed by atoms with Gasteiger partial charge >= 0.3 is 0 Å². The second kappa shape index (κ2) is 8.45. The third-order valence-electron chi connectivity index (χ3n) is 5.29. The molecule has 3 rings (SSSR count). The van der Waals surface area contributed by atoms with Crippen LogP contribution in [0.5, 0.6) is 0 Å². The molecule has 2 aromatic rings. The monoisotopic (exact) mass is 404 g/mol. The highest BCUT2D eigenvalue weighted by Crippen LogP contribution is 2.30. The van der Waals surface area contributed by atoms with Gasteiger partial charge in [-0.1, -0.05) is 12.1 Å². The van der Waals surface area contributed by atoms with Crippen molar-refractivity contribution in [2.45, 2.75) is 52.7 Å². The highest BCUT2D eigenvalue weighted by Gasteiger charge is 2.27. The van der Waals surface area contributed by atoms with Gasteiger partial charge in [0.15, 0.2) is 0 Å². The smallest absolute Gasteiger partial charge is 0.253 e. The third kappa shape index (κ3) is 4.12. The Bertz CT molecular complexity index is 851. The lowest BCUT2D eigenvalue weighted by molar-refractivity contribution is -0.130. The first-order valence-corrected chi connectivity index (χ1v) is 10.4. The molecule has 0 aliphatic carbocycles. The molecule has 1 atom stereocenters. The summed E-state index contributed by atoms with van der Waals surface area (Å²) in [6.07, 6.45) is 1.39. The van der Waals surface area contributed by atoms with Crippen molar-refractivity contribution >= 4 is 23.2 Å². The van der Waals surface area contributed by atoms with Crippen LogP contribution in [0.1, 0.15) is 51.2 Å². The maximum absolute atomic E-state index is 12.8. The molecule has 0 aromatic carbocycles. The number of nitrogens with zero attached hydrogens (tertiary/aromatic N) is 3. The average Bonchev–Trinajstić information content (AvgIpc) is 3.23. The van der Waals surface area contributed by atoms with Crippen LogP contribution in [-0.2, 0) is 24.3 Å². The predicted octanol–water partition coefficient (Wildman–Crippen LogP) is 2.51. The number of aromatic nitrogens is 1. The Balaban J connectivity index is 1.69. The van der Waals surface area contributed by atoms with Gasteiger partial charge in [0.1, 0.15) is 11.8 Å². The van der Waals surface area contributed by atoms with Crippen LogP contribution in [0.15, 0.2) is 9.90 Å². The zero-order valence-corrected chi connectivity index (χ0v) is 18.0. The summed E-state index contributed by atoms with van der Waals surface area (Å²) < 4.78 is 5.27. The number of aryl methyl sites for hydroxylation is 2. The highest BCUT2D eigenvalue weighted by molar-refractivity contribution is 7.10. The normalized spacial score (nSPS) is 15.2. The van der Waals surface area contributed by atoms with Gasteiger partial charge in [0.05, 0.1) is 11.3 Å². The number of hydrogen-bond donors (Lipinski definition) is 1. The van der Waals surface area contributed by atoms with Crippen molar-refractivity contribution in [3.63, 3.8) is 0 Å². The fourth-order valence-corrected chi connectivity index (χ4v) is 4.67. The zero-order valence-electron chi connectivity index (χ0n) is 17.2. The average molecular weight is 405 g/mol. The van der Waals surface area contributed by atoms with E-state index in [1.807, 2.05) is 26.2 Å². The SMILES string of the molecule is CCC(NC(=O)c1csc2c1CCN(Cc1c(C)noc1C)C2)C(=O)N(C)C. The molecule has 0 saturated carbocycles. The Morgan fingerprint density at radius 3 is 2.75 bits per heavy atom. The summed E-state index contributed by atoms with van der Waals surface area (Å²) in [5.74, 6) is 0.634. The summed E-state index contributed by atoms with van der Waals surface area (Å²) in [4.78, 5) is 30.1. The lowest BCUT2D eigenvalue weighted by Gasteiger charge is -2.27. The van der Waals surface area contributed by atoms with Crippen LogP contribution in [0.2, 0.25) is 0 Å². The highest BCUT2D eigenvalue weighted by atomic mass is 32.1. The molecule has 1 N–H and O–H groups in total. The maximum atomic E-state index is 12.8. The van der Waals surface area contributed by atoms with Gasteiger partial charge in [0.25, 0.3) is 5.91 Å². The van der Waals surface area contributed by atoms with Gasteiger partial charge in [0, 0.05) is 49.6 Å². The molecule has 1 aliphatic heterocycles. The summed E-state index contributed by atoms with van der Waals surface area (Å²) in [5.41, 5.74) is 3.91. The van der Waals surface area contributed by atoms with Gasteiger partial charge in [-0.2, -0.15) is 0 Å². The maximum Gasteiger partial charge on any atom is 0.253 e. The summed E-state index contributed by atoms with van der Waals surface area (Å²) >= 11 is 1.62. The minimum Gasteiger partial charge on any atom is -0.361 e. The van der Waals surface area contributed by atoms with Crippen molar-refractivity contribution in [2.24, 2.45) is 0 Å². The second-order valence-electron chi connectivity index (χ2n) is 7.48. The molecule has 28 heavy (non-hydrogen) atoms. The first-order chi connectivity index (χ1) is 13.3. The van der Waals surface area contributed by atoms with Gasteiger partial charge in [-0.25, -0.2) is 0 Å². The van der Waals surface area contributed by atoms with E-state index in [2.05, 4.69) is 15.4 Å². The van der Waals surface area contributed by atoms with E-state index in [0.29, 0.717) is 12.0 Å². The molecule has 0 spiro atoms. The number of likely N-dealkylation sites (N-methyl/N-ethyl adjacent to an activating group) is 1. The van der Waals surface area contributed by atoms with Gasteiger partial charge < -0.3 is 14.7 Å².